The van der Waals surface area contributed by atoms with Crippen LogP contribution in [-0.4, -0.2) is 49.0 Å². The summed E-state index contributed by atoms with van der Waals surface area (Å²) >= 11 is 0. The van der Waals surface area contributed by atoms with Gasteiger partial charge in [-0.15, -0.1) is 0 Å². The van der Waals surface area contributed by atoms with Crippen molar-refractivity contribution in [3.63, 3.8) is 0 Å². The minimum atomic E-state index is -0.146. The molecule has 0 radical (unpaired) electrons. The molecular weight excluding hydrogens is 190 g/mol. The Labute approximate surface area is 92.4 Å². The van der Waals surface area contributed by atoms with E-state index in [1.807, 2.05) is 0 Å². The predicted molar refractivity (Wildman–Crippen MR) is 59.8 cm³/mol. The van der Waals surface area contributed by atoms with Crippen LogP contribution in [-0.2, 0) is 4.74 Å². The highest BCUT2D eigenvalue weighted by molar-refractivity contribution is 4.80. The van der Waals surface area contributed by atoms with Crippen molar-refractivity contribution in [1.82, 2.24) is 4.90 Å². The highest BCUT2D eigenvalue weighted by Crippen LogP contribution is 2.30. The molecule has 2 rings (SSSR count). The van der Waals surface area contributed by atoms with E-state index < -0.39 is 0 Å². The monoisotopic (exact) mass is 213 g/mol. The molecule has 1 aliphatic heterocycles. The second kappa shape index (κ2) is 5.28. The molecule has 1 aliphatic carbocycles. The zero-order valence-electron chi connectivity index (χ0n) is 9.69. The van der Waals surface area contributed by atoms with Crippen LogP contribution in [0.2, 0.25) is 0 Å². The van der Waals surface area contributed by atoms with Gasteiger partial charge in [0, 0.05) is 25.6 Å². The molecule has 2 atom stereocenters. The third kappa shape index (κ3) is 3.44. The lowest BCUT2D eigenvalue weighted by Crippen LogP contribution is -2.41. The first-order chi connectivity index (χ1) is 7.29. The Kier molecular flexibility index (Phi) is 4.00. The number of aliphatic hydroxyl groups is 1. The van der Waals surface area contributed by atoms with Crippen molar-refractivity contribution in [3.05, 3.63) is 0 Å². The van der Waals surface area contributed by atoms with E-state index in [1.165, 1.54) is 19.4 Å². The van der Waals surface area contributed by atoms with E-state index >= 15 is 0 Å². The molecule has 0 aromatic carbocycles. The minimum absolute atomic E-state index is 0.146. The van der Waals surface area contributed by atoms with Crippen LogP contribution < -0.4 is 0 Å². The van der Waals surface area contributed by atoms with Gasteiger partial charge in [0.2, 0.25) is 0 Å². The topological polar surface area (TPSA) is 32.7 Å². The summed E-state index contributed by atoms with van der Waals surface area (Å²) < 4.78 is 5.43. The fourth-order valence-electron chi connectivity index (χ4n) is 2.29. The molecule has 0 bridgehead atoms. The van der Waals surface area contributed by atoms with Gasteiger partial charge in [0.1, 0.15) is 0 Å². The summed E-state index contributed by atoms with van der Waals surface area (Å²) in [6.45, 7) is 7.00. The van der Waals surface area contributed by atoms with Gasteiger partial charge in [-0.1, -0.05) is 6.92 Å². The van der Waals surface area contributed by atoms with Crippen LogP contribution in [0.15, 0.2) is 0 Å². The van der Waals surface area contributed by atoms with Gasteiger partial charge in [-0.2, -0.15) is 0 Å². The highest BCUT2D eigenvalue weighted by atomic mass is 16.5. The van der Waals surface area contributed by atoms with Gasteiger partial charge in [0.15, 0.2) is 0 Å². The summed E-state index contributed by atoms with van der Waals surface area (Å²) in [5, 5.41) is 9.86. The largest absolute Gasteiger partial charge is 0.393 e. The van der Waals surface area contributed by atoms with Crippen molar-refractivity contribution in [2.75, 3.05) is 32.8 Å². The van der Waals surface area contributed by atoms with E-state index in [1.54, 1.807) is 0 Å². The number of nitrogens with zero attached hydrogens (tertiary/aromatic N) is 1. The lowest BCUT2D eigenvalue weighted by atomic mass is 9.98. The Morgan fingerprint density at radius 1 is 1.27 bits per heavy atom. The van der Waals surface area contributed by atoms with Gasteiger partial charge in [0.25, 0.3) is 0 Å². The Bertz CT molecular complexity index is 194. The van der Waals surface area contributed by atoms with E-state index in [2.05, 4.69) is 11.8 Å². The standard InChI is InChI=1S/C12H23NO2/c1-2-13(7-10-3-4-10)8-11-9-15-6-5-12(11)14/h10-12,14H,2-9H2,1H3. The Morgan fingerprint density at radius 2 is 2.07 bits per heavy atom. The summed E-state index contributed by atoms with van der Waals surface area (Å²) in [6.07, 6.45) is 3.47. The van der Waals surface area contributed by atoms with E-state index in [9.17, 15) is 5.11 Å². The van der Waals surface area contributed by atoms with Crippen LogP contribution in [0.4, 0.5) is 0 Å². The number of aliphatic hydroxyl groups excluding tert-OH is 1. The average Bonchev–Trinajstić information content (AvgIpc) is 3.04. The first-order valence-electron chi connectivity index (χ1n) is 6.27. The molecule has 15 heavy (non-hydrogen) atoms. The van der Waals surface area contributed by atoms with Crippen molar-refractivity contribution < 1.29 is 9.84 Å². The van der Waals surface area contributed by atoms with Gasteiger partial charge in [-0.05, 0) is 31.7 Å². The molecule has 2 fully saturated rings. The lowest BCUT2D eigenvalue weighted by molar-refractivity contribution is -0.0465. The summed E-state index contributed by atoms with van der Waals surface area (Å²) in [6, 6.07) is 0. The smallest absolute Gasteiger partial charge is 0.0624 e. The Balaban J connectivity index is 1.75. The normalized spacial score (nSPS) is 32.2. The van der Waals surface area contributed by atoms with Gasteiger partial charge in [-0.3, -0.25) is 0 Å². The first kappa shape index (κ1) is 11.4. The highest BCUT2D eigenvalue weighted by Gasteiger charge is 2.28. The summed E-state index contributed by atoms with van der Waals surface area (Å²) in [4.78, 5) is 2.47. The number of ether oxygens (including phenoxy) is 1. The fourth-order valence-corrected chi connectivity index (χ4v) is 2.29. The average molecular weight is 213 g/mol. The molecule has 3 nitrogen and oxygen atoms in total. The van der Waals surface area contributed by atoms with Crippen LogP contribution in [0.25, 0.3) is 0 Å². The van der Waals surface area contributed by atoms with Crippen molar-refractivity contribution in [1.29, 1.82) is 0 Å². The summed E-state index contributed by atoms with van der Waals surface area (Å²) in [5.74, 6) is 1.27. The maximum absolute atomic E-state index is 9.86. The van der Waals surface area contributed by atoms with Gasteiger partial charge in [-0.25, -0.2) is 0 Å². The molecule has 0 spiro atoms. The SMILES string of the molecule is CCN(CC1CC1)CC1COCCC1O. The van der Waals surface area contributed by atoms with Crippen LogP contribution >= 0.6 is 0 Å². The van der Waals surface area contributed by atoms with E-state index in [0.717, 1.165) is 38.6 Å². The molecule has 2 aliphatic rings. The molecule has 3 heteroatoms. The molecule has 1 saturated heterocycles. The zero-order chi connectivity index (χ0) is 10.7. The maximum Gasteiger partial charge on any atom is 0.0624 e. The number of rotatable bonds is 5. The fraction of sp³-hybridized carbons (Fsp3) is 1.00. The lowest BCUT2D eigenvalue weighted by Gasteiger charge is -2.32. The number of hydrogen-bond acceptors (Lipinski definition) is 3. The van der Waals surface area contributed by atoms with E-state index in [0.29, 0.717) is 5.92 Å². The van der Waals surface area contributed by atoms with Crippen LogP contribution in [0.3, 0.4) is 0 Å². The quantitative estimate of drug-likeness (QED) is 0.743. The summed E-state index contributed by atoms with van der Waals surface area (Å²) in [5.41, 5.74) is 0. The first-order valence-corrected chi connectivity index (χ1v) is 6.27. The van der Waals surface area contributed by atoms with Gasteiger partial charge >= 0.3 is 0 Å². The van der Waals surface area contributed by atoms with Crippen LogP contribution in [0.5, 0.6) is 0 Å². The number of hydrogen-bond donors (Lipinski definition) is 1. The third-order valence-corrected chi connectivity index (χ3v) is 3.59. The van der Waals surface area contributed by atoms with Crippen molar-refractivity contribution >= 4 is 0 Å². The molecule has 1 N–H and O–H groups in total. The van der Waals surface area contributed by atoms with Crippen molar-refractivity contribution in [3.8, 4) is 0 Å². The second-order valence-electron chi connectivity index (χ2n) is 4.99. The molecule has 0 amide bonds. The summed E-state index contributed by atoms with van der Waals surface area (Å²) in [7, 11) is 0. The Morgan fingerprint density at radius 3 is 2.67 bits per heavy atom. The Hall–Kier alpha value is -0.120. The molecule has 0 aromatic heterocycles. The molecule has 0 aromatic rings. The predicted octanol–water partition coefficient (Wildman–Crippen LogP) is 1.12. The van der Waals surface area contributed by atoms with Crippen molar-refractivity contribution in [2.24, 2.45) is 11.8 Å². The zero-order valence-corrected chi connectivity index (χ0v) is 9.69. The second-order valence-corrected chi connectivity index (χ2v) is 4.99. The molecule has 88 valence electrons. The van der Waals surface area contributed by atoms with Crippen LogP contribution in [0, 0.1) is 11.8 Å². The van der Waals surface area contributed by atoms with Crippen molar-refractivity contribution in [2.45, 2.75) is 32.3 Å². The van der Waals surface area contributed by atoms with Gasteiger partial charge in [0.05, 0.1) is 12.7 Å². The molecular formula is C12H23NO2. The molecule has 1 heterocycles. The minimum Gasteiger partial charge on any atom is -0.393 e. The van der Waals surface area contributed by atoms with Gasteiger partial charge < -0.3 is 14.7 Å². The third-order valence-electron chi connectivity index (χ3n) is 3.59. The van der Waals surface area contributed by atoms with E-state index in [4.69, 9.17) is 4.74 Å². The van der Waals surface area contributed by atoms with Crippen LogP contribution in [0.1, 0.15) is 26.2 Å². The molecule has 1 saturated carbocycles. The van der Waals surface area contributed by atoms with E-state index in [-0.39, 0.29) is 6.10 Å². The maximum atomic E-state index is 9.86. The molecule has 2 unspecified atom stereocenters.